The Labute approximate surface area is 137 Å². The zero-order chi connectivity index (χ0) is 16.7. The van der Waals surface area contributed by atoms with Gasteiger partial charge in [-0.05, 0) is 17.7 Å². The third-order valence-electron chi connectivity index (χ3n) is 4.23. The highest BCUT2D eigenvalue weighted by molar-refractivity contribution is 6.23. The molecule has 0 saturated carbocycles. The van der Waals surface area contributed by atoms with Crippen LogP contribution in [0.15, 0.2) is 59.8 Å². The Morgan fingerprint density at radius 1 is 1.00 bits per heavy atom. The molecule has 2 aliphatic heterocycles. The fourth-order valence-electron chi connectivity index (χ4n) is 3.01. The van der Waals surface area contributed by atoms with Gasteiger partial charge in [0, 0.05) is 5.56 Å². The third-order valence-corrected chi connectivity index (χ3v) is 4.23. The highest BCUT2D eigenvalue weighted by Crippen LogP contribution is 2.33. The van der Waals surface area contributed by atoms with Gasteiger partial charge in [-0.2, -0.15) is 0 Å². The fourth-order valence-corrected chi connectivity index (χ4v) is 3.01. The molecule has 2 heterocycles. The average Bonchev–Trinajstić information content (AvgIpc) is 3.13. The number of amides is 2. The van der Waals surface area contributed by atoms with E-state index in [1.165, 1.54) is 29.2 Å². The number of nitrogens with zero attached hydrogens (tertiary/aromatic N) is 2. The number of oxime groups is 1. The average molecular weight is 324 g/mol. The van der Waals surface area contributed by atoms with Crippen molar-refractivity contribution in [3.8, 4) is 0 Å². The molecule has 1 fully saturated rings. The van der Waals surface area contributed by atoms with E-state index >= 15 is 0 Å². The predicted molar refractivity (Wildman–Crippen MR) is 83.3 cm³/mol. The molecule has 2 atom stereocenters. The monoisotopic (exact) mass is 324 g/mol. The third kappa shape index (κ3) is 2.27. The summed E-state index contributed by atoms with van der Waals surface area (Å²) in [5.74, 6) is -1.88. The first-order valence-corrected chi connectivity index (χ1v) is 7.54. The summed E-state index contributed by atoms with van der Waals surface area (Å²) in [4.78, 5) is 31.6. The first kappa shape index (κ1) is 14.6. The van der Waals surface area contributed by atoms with E-state index in [1.54, 1.807) is 0 Å². The van der Waals surface area contributed by atoms with Crippen LogP contribution in [0.5, 0.6) is 0 Å². The first-order chi connectivity index (χ1) is 11.6. The van der Waals surface area contributed by atoms with E-state index in [0.29, 0.717) is 11.3 Å². The number of fused-ring (bicyclic) bond motifs is 1. The van der Waals surface area contributed by atoms with Gasteiger partial charge in [-0.25, -0.2) is 4.39 Å². The van der Waals surface area contributed by atoms with E-state index in [1.807, 2.05) is 30.3 Å². The van der Waals surface area contributed by atoms with Gasteiger partial charge in [-0.1, -0.05) is 47.6 Å². The number of likely N-dealkylation sites (tertiary alicyclic amines) is 1. The second kappa shape index (κ2) is 5.56. The molecule has 24 heavy (non-hydrogen) atoms. The topological polar surface area (TPSA) is 59.0 Å². The second-order valence-electron chi connectivity index (χ2n) is 5.74. The molecule has 2 amide bonds. The van der Waals surface area contributed by atoms with Crippen molar-refractivity contribution in [2.75, 3.05) is 0 Å². The molecule has 0 spiro atoms. The van der Waals surface area contributed by atoms with Crippen molar-refractivity contribution in [1.29, 1.82) is 0 Å². The minimum atomic E-state index is -0.929. The number of imide groups is 1. The van der Waals surface area contributed by atoms with Gasteiger partial charge in [0.05, 0.1) is 6.54 Å². The zero-order valence-corrected chi connectivity index (χ0v) is 12.6. The van der Waals surface area contributed by atoms with Crippen molar-refractivity contribution in [3.63, 3.8) is 0 Å². The van der Waals surface area contributed by atoms with Crippen LogP contribution in [0.25, 0.3) is 0 Å². The smallest absolute Gasteiger partial charge is 0.274 e. The normalized spacial score (nSPS) is 22.4. The van der Waals surface area contributed by atoms with Gasteiger partial charge < -0.3 is 4.84 Å². The molecule has 2 aromatic carbocycles. The molecule has 1 saturated heterocycles. The van der Waals surface area contributed by atoms with Crippen LogP contribution in [0.4, 0.5) is 4.39 Å². The maximum absolute atomic E-state index is 13.1. The van der Waals surface area contributed by atoms with Gasteiger partial charge in [-0.3, -0.25) is 14.5 Å². The van der Waals surface area contributed by atoms with E-state index in [9.17, 15) is 14.0 Å². The molecule has 2 aliphatic rings. The first-order valence-electron chi connectivity index (χ1n) is 7.54. The molecule has 0 aliphatic carbocycles. The van der Waals surface area contributed by atoms with Crippen molar-refractivity contribution >= 4 is 17.5 Å². The molecule has 0 bridgehead atoms. The van der Waals surface area contributed by atoms with Crippen molar-refractivity contribution in [2.45, 2.75) is 12.6 Å². The van der Waals surface area contributed by atoms with E-state index in [2.05, 4.69) is 5.16 Å². The minimum Gasteiger partial charge on any atom is -0.381 e. The van der Waals surface area contributed by atoms with Crippen molar-refractivity contribution < 1.29 is 18.8 Å². The quantitative estimate of drug-likeness (QED) is 0.813. The van der Waals surface area contributed by atoms with Crippen LogP contribution >= 0.6 is 0 Å². The van der Waals surface area contributed by atoms with Gasteiger partial charge in [0.25, 0.3) is 5.91 Å². The minimum absolute atomic E-state index is 0.200. The number of rotatable bonds is 3. The highest BCUT2D eigenvalue weighted by Gasteiger charge is 2.55. The summed E-state index contributed by atoms with van der Waals surface area (Å²) < 4.78 is 13.1. The van der Waals surface area contributed by atoms with Crippen LogP contribution in [-0.4, -0.2) is 28.5 Å². The van der Waals surface area contributed by atoms with Crippen molar-refractivity contribution in [1.82, 2.24) is 4.90 Å². The lowest BCUT2D eigenvalue weighted by atomic mass is 9.94. The highest BCUT2D eigenvalue weighted by atomic mass is 19.1. The standard InChI is InChI=1S/C18H13FN2O3/c19-13-8-6-12(7-9-13)15-14-16(24-20-15)18(23)21(17(14)22)10-11-4-2-1-3-5-11/h1-9,14,16H,10H2/t14-,16+/m1/s1. The molecule has 120 valence electrons. The zero-order valence-electron chi connectivity index (χ0n) is 12.6. The summed E-state index contributed by atoms with van der Waals surface area (Å²) >= 11 is 0. The van der Waals surface area contributed by atoms with Crippen LogP contribution in [0.3, 0.4) is 0 Å². The Morgan fingerprint density at radius 2 is 1.71 bits per heavy atom. The van der Waals surface area contributed by atoms with Crippen molar-refractivity contribution in [2.24, 2.45) is 11.1 Å². The van der Waals surface area contributed by atoms with E-state index in [0.717, 1.165) is 5.56 Å². The molecule has 4 rings (SSSR count). The predicted octanol–water partition coefficient (Wildman–Crippen LogP) is 2.11. The summed E-state index contributed by atoms with van der Waals surface area (Å²) in [7, 11) is 0. The summed E-state index contributed by atoms with van der Waals surface area (Å²) in [6.45, 7) is 0.200. The molecule has 5 nitrogen and oxygen atoms in total. The number of carbonyl (C=O) groups excluding carboxylic acids is 2. The van der Waals surface area contributed by atoms with E-state index in [4.69, 9.17) is 4.84 Å². The van der Waals surface area contributed by atoms with Crippen LogP contribution in [0.1, 0.15) is 11.1 Å². The van der Waals surface area contributed by atoms with Crippen molar-refractivity contribution in [3.05, 3.63) is 71.5 Å². The van der Waals surface area contributed by atoms with E-state index in [-0.39, 0.29) is 18.3 Å². The second-order valence-corrected chi connectivity index (χ2v) is 5.74. The van der Waals surface area contributed by atoms with Crippen LogP contribution in [0.2, 0.25) is 0 Å². The van der Waals surface area contributed by atoms with Crippen LogP contribution < -0.4 is 0 Å². The largest absolute Gasteiger partial charge is 0.381 e. The summed E-state index contributed by atoms with van der Waals surface area (Å²) in [6.07, 6.45) is -0.929. The molecular formula is C18H13FN2O3. The Hall–Kier alpha value is -3.02. The Morgan fingerprint density at radius 3 is 2.42 bits per heavy atom. The van der Waals surface area contributed by atoms with Gasteiger partial charge in [-0.15, -0.1) is 0 Å². The fraction of sp³-hybridized carbons (Fsp3) is 0.167. The van der Waals surface area contributed by atoms with Gasteiger partial charge in [0.1, 0.15) is 17.4 Å². The molecule has 0 aromatic heterocycles. The molecular weight excluding hydrogens is 311 g/mol. The number of halogens is 1. The summed E-state index contributed by atoms with van der Waals surface area (Å²) in [5.41, 5.74) is 1.81. The van der Waals surface area contributed by atoms with Crippen LogP contribution in [0, 0.1) is 11.7 Å². The SMILES string of the molecule is O=C1[C@@H]2C(c3ccc(F)cc3)=NO[C@@H]2C(=O)N1Cc1ccccc1. The number of carbonyl (C=O) groups is 2. The molecule has 0 radical (unpaired) electrons. The van der Waals surface area contributed by atoms with Gasteiger partial charge in [0.15, 0.2) is 0 Å². The maximum Gasteiger partial charge on any atom is 0.274 e. The summed E-state index contributed by atoms with van der Waals surface area (Å²) in [6, 6.07) is 14.9. The number of hydrogen-bond donors (Lipinski definition) is 0. The Bertz CT molecular complexity index is 833. The Balaban J connectivity index is 1.61. The lowest BCUT2D eigenvalue weighted by Crippen LogP contribution is -2.32. The van der Waals surface area contributed by atoms with E-state index < -0.39 is 17.9 Å². The maximum atomic E-state index is 13.1. The molecule has 0 unspecified atom stereocenters. The molecule has 6 heteroatoms. The van der Waals surface area contributed by atoms with Gasteiger partial charge >= 0.3 is 0 Å². The number of benzene rings is 2. The Kier molecular flexibility index (Phi) is 3.37. The summed E-state index contributed by atoms with van der Waals surface area (Å²) in [5, 5.41) is 3.89. The molecule has 0 N–H and O–H groups in total. The van der Waals surface area contributed by atoms with Gasteiger partial charge in [0.2, 0.25) is 12.0 Å². The number of hydrogen-bond acceptors (Lipinski definition) is 4. The lowest BCUT2D eigenvalue weighted by Gasteiger charge is -2.15. The van der Waals surface area contributed by atoms with Crippen LogP contribution in [-0.2, 0) is 21.0 Å². The lowest BCUT2D eigenvalue weighted by molar-refractivity contribution is -0.142. The molecule has 2 aromatic rings.